The van der Waals surface area contributed by atoms with Gasteiger partial charge in [-0.3, -0.25) is 4.79 Å². The van der Waals surface area contributed by atoms with Gasteiger partial charge in [-0.05, 0) is 43.3 Å². The lowest BCUT2D eigenvalue weighted by Gasteiger charge is -2.27. The summed E-state index contributed by atoms with van der Waals surface area (Å²) in [5.41, 5.74) is 0.124. The van der Waals surface area contributed by atoms with Gasteiger partial charge in [-0.2, -0.15) is 0 Å². The van der Waals surface area contributed by atoms with Crippen LogP contribution in [0.15, 0.2) is 0 Å². The van der Waals surface area contributed by atoms with Crippen molar-refractivity contribution in [3.8, 4) is 0 Å². The summed E-state index contributed by atoms with van der Waals surface area (Å²) in [5, 5.41) is 18.2. The van der Waals surface area contributed by atoms with Crippen molar-refractivity contribution in [1.29, 1.82) is 0 Å². The zero-order valence-corrected chi connectivity index (χ0v) is 8.98. The number of ether oxygens (including phenoxy) is 1. The van der Waals surface area contributed by atoms with Crippen LogP contribution in [0.5, 0.6) is 0 Å². The summed E-state index contributed by atoms with van der Waals surface area (Å²) in [5.74, 6) is -0.0552. The molecule has 2 aliphatic carbocycles. The van der Waals surface area contributed by atoms with E-state index in [1.165, 1.54) is 7.11 Å². The van der Waals surface area contributed by atoms with E-state index in [0.29, 0.717) is 0 Å². The standard InChI is InChI=1S/C10H17BO4/c1-15-9(12)7-2-4-10(5-3-7)6-8(10)11(13)14/h7-8,13-14H,2-6H2,1H3. The van der Waals surface area contributed by atoms with Gasteiger partial charge in [0.05, 0.1) is 13.0 Å². The summed E-state index contributed by atoms with van der Waals surface area (Å²) in [7, 11) is 0.240. The van der Waals surface area contributed by atoms with Crippen molar-refractivity contribution < 1.29 is 19.6 Å². The number of carbonyl (C=O) groups is 1. The highest BCUT2D eigenvalue weighted by atomic mass is 16.5. The molecule has 0 aromatic rings. The van der Waals surface area contributed by atoms with E-state index < -0.39 is 7.12 Å². The van der Waals surface area contributed by atoms with Crippen molar-refractivity contribution in [2.75, 3.05) is 7.11 Å². The Hall–Kier alpha value is -0.545. The Balaban J connectivity index is 1.86. The first-order chi connectivity index (χ1) is 7.09. The second kappa shape index (κ2) is 3.79. The van der Waals surface area contributed by atoms with Gasteiger partial charge < -0.3 is 14.8 Å². The van der Waals surface area contributed by atoms with Gasteiger partial charge >= 0.3 is 13.1 Å². The van der Waals surface area contributed by atoms with E-state index in [-0.39, 0.29) is 23.1 Å². The molecule has 0 radical (unpaired) electrons. The average molecular weight is 212 g/mol. The monoisotopic (exact) mass is 212 g/mol. The van der Waals surface area contributed by atoms with E-state index in [9.17, 15) is 4.79 Å². The van der Waals surface area contributed by atoms with Crippen molar-refractivity contribution in [3.63, 3.8) is 0 Å². The molecule has 0 saturated heterocycles. The van der Waals surface area contributed by atoms with Crippen LogP contribution in [0.1, 0.15) is 32.1 Å². The fourth-order valence-electron chi connectivity index (χ4n) is 2.97. The van der Waals surface area contributed by atoms with Crippen LogP contribution in [0, 0.1) is 11.3 Å². The summed E-state index contributed by atoms with van der Waals surface area (Å²) in [6.07, 6.45) is 4.41. The Morgan fingerprint density at radius 3 is 2.40 bits per heavy atom. The summed E-state index contributed by atoms with van der Waals surface area (Å²) < 4.78 is 4.71. The van der Waals surface area contributed by atoms with Gasteiger partial charge in [0.25, 0.3) is 0 Å². The van der Waals surface area contributed by atoms with Crippen LogP contribution in [-0.4, -0.2) is 30.2 Å². The lowest BCUT2D eigenvalue weighted by molar-refractivity contribution is -0.146. The molecule has 0 aliphatic heterocycles. The topological polar surface area (TPSA) is 66.8 Å². The molecule has 15 heavy (non-hydrogen) atoms. The van der Waals surface area contributed by atoms with Crippen molar-refractivity contribution in [2.45, 2.75) is 37.9 Å². The molecule has 2 N–H and O–H groups in total. The molecule has 0 heterocycles. The zero-order chi connectivity index (χ0) is 11.1. The van der Waals surface area contributed by atoms with Gasteiger partial charge in [-0.15, -0.1) is 0 Å². The average Bonchev–Trinajstić information content (AvgIpc) is 2.93. The van der Waals surface area contributed by atoms with Crippen LogP contribution in [0.25, 0.3) is 0 Å². The molecule has 0 aromatic heterocycles. The number of carbonyl (C=O) groups excluding carboxylic acids is 1. The van der Waals surface area contributed by atoms with Gasteiger partial charge in [0.1, 0.15) is 0 Å². The van der Waals surface area contributed by atoms with E-state index in [4.69, 9.17) is 14.8 Å². The van der Waals surface area contributed by atoms with Gasteiger partial charge in [0.2, 0.25) is 0 Å². The Labute approximate surface area is 89.8 Å². The van der Waals surface area contributed by atoms with Crippen LogP contribution in [0.3, 0.4) is 0 Å². The molecule has 0 bridgehead atoms. The fourth-order valence-corrected chi connectivity index (χ4v) is 2.97. The minimum Gasteiger partial charge on any atom is -0.469 e. The van der Waals surface area contributed by atoms with Crippen LogP contribution >= 0.6 is 0 Å². The number of esters is 1. The van der Waals surface area contributed by atoms with Crippen LogP contribution < -0.4 is 0 Å². The van der Waals surface area contributed by atoms with Crippen molar-refractivity contribution in [2.24, 2.45) is 11.3 Å². The first-order valence-electron chi connectivity index (χ1n) is 5.53. The third kappa shape index (κ3) is 1.90. The van der Waals surface area contributed by atoms with E-state index in [1.807, 2.05) is 0 Å². The molecule has 84 valence electrons. The number of rotatable bonds is 2. The minimum atomic E-state index is -1.18. The summed E-state index contributed by atoms with van der Waals surface area (Å²) in [6.45, 7) is 0. The smallest absolute Gasteiger partial charge is 0.455 e. The Morgan fingerprint density at radius 1 is 1.40 bits per heavy atom. The first kappa shape index (κ1) is 11.0. The molecule has 4 nitrogen and oxygen atoms in total. The molecule has 0 amide bonds. The van der Waals surface area contributed by atoms with Crippen LogP contribution in [0.4, 0.5) is 0 Å². The van der Waals surface area contributed by atoms with Crippen molar-refractivity contribution in [1.82, 2.24) is 0 Å². The largest absolute Gasteiger partial charge is 0.469 e. The fraction of sp³-hybridized carbons (Fsp3) is 0.900. The van der Waals surface area contributed by atoms with E-state index in [0.717, 1.165) is 32.1 Å². The molecule has 2 saturated carbocycles. The highest BCUT2D eigenvalue weighted by Gasteiger charge is 2.59. The van der Waals surface area contributed by atoms with Gasteiger partial charge in [-0.25, -0.2) is 0 Å². The SMILES string of the molecule is COC(=O)C1CCC2(CC1)CC2B(O)O. The Bertz CT molecular complexity index is 258. The van der Waals surface area contributed by atoms with E-state index in [2.05, 4.69) is 0 Å². The first-order valence-corrected chi connectivity index (χ1v) is 5.53. The molecule has 2 rings (SSSR count). The van der Waals surface area contributed by atoms with E-state index in [1.54, 1.807) is 0 Å². The lowest BCUT2D eigenvalue weighted by Crippen LogP contribution is -2.26. The van der Waals surface area contributed by atoms with Gasteiger partial charge in [0, 0.05) is 0 Å². The Kier molecular flexibility index (Phi) is 2.77. The zero-order valence-electron chi connectivity index (χ0n) is 8.98. The molecular formula is C10H17BO4. The lowest BCUT2D eigenvalue weighted by atomic mass is 9.70. The highest BCUT2D eigenvalue weighted by molar-refractivity contribution is 6.44. The summed E-state index contributed by atoms with van der Waals surface area (Å²) in [4.78, 5) is 11.3. The number of hydrogen-bond donors (Lipinski definition) is 2. The molecule has 2 fully saturated rings. The minimum absolute atomic E-state index is 0.0257. The van der Waals surface area contributed by atoms with Crippen molar-refractivity contribution >= 4 is 13.1 Å². The summed E-state index contributed by atoms with van der Waals surface area (Å²) in [6, 6.07) is 0. The second-order valence-electron chi connectivity index (χ2n) is 4.88. The van der Waals surface area contributed by atoms with Crippen LogP contribution in [0.2, 0.25) is 5.82 Å². The highest BCUT2D eigenvalue weighted by Crippen LogP contribution is 2.66. The normalized spacial score (nSPS) is 38.9. The second-order valence-corrected chi connectivity index (χ2v) is 4.88. The number of hydrogen-bond acceptors (Lipinski definition) is 4. The molecule has 5 heteroatoms. The molecule has 2 aliphatic rings. The van der Waals surface area contributed by atoms with E-state index >= 15 is 0 Å². The maximum absolute atomic E-state index is 11.3. The van der Waals surface area contributed by atoms with Gasteiger partial charge in [-0.1, -0.05) is 0 Å². The maximum Gasteiger partial charge on any atom is 0.455 e. The molecule has 0 aromatic carbocycles. The number of methoxy groups -OCH3 is 1. The van der Waals surface area contributed by atoms with Crippen molar-refractivity contribution in [3.05, 3.63) is 0 Å². The van der Waals surface area contributed by atoms with Gasteiger partial charge in [0.15, 0.2) is 0 Å². The predicted octanol–water partition coefficient (Wildman–Crippen LogP) is 0.583. The molecular weight excluding hydrogens is 195 g/mol. The third-order valence-electron chi connectivity index (χ3n) is 4.13. The third-order valence-corrected chi connectivity index (χ3v) is 4.13. The maximum atomic E-state index is 11.3. The quantitative estimate of drug-likeness (QED) is 0.519. The molecule has 1 spiro atoms. The molecule has 1 unspecified atom stereocenters. The summed E-state index contributed by atoms with van der Waals surface area (Å²) >= 11 is 0. The Morgan fingerprint density at radius 2 is 2.00 bits per heavy atom. The predicted molar refractivity (Wildman–Crippen MR) is 55.0 cm³/mol. The van der Waals surface area contributed by atoms with Crippen LogP contribution in [-0.2, 0) is 9.53 Å². The molecule has 1 atom stereocenters.